The SMILES string of the molecule is COc1ccc(C)c2cc(C3CCCN3)[nH]c12. The van der Waals surface area contributed by atoms with E-state index in [0.717, 1.165) is 17.8 Å². The van der Waals surface area contributed by atoms with Crippen molar-refractivity contribution in [3.8, 4) is 5.75 Å². The molecule has 1 saturated heterocycles. The molecule has 0 aliphatic carbocycles. The average Bonchev–Trinajstić information content (AvgIpc) is 2.98. The smallest absolute Gasteiger partial charge is 0.142 e. The summed E-state index contributed by atoms with van der Waals surface area (Å²) >= 11 is 0. The Balaban J connectivity index is 2.13. The summed E-state index contributed by atoms with van der Waals surface area (Å²) in [4.78, 5) is 3.51. The van der Waals surface area contributed by atoms with E-state index >= 15 is 0 Å². The highest BCUT2D eigenvalue weighted by Crippen LogP contribution is 2.32. The molecular formula is C14H18N2O. The molecule has 0 radical (unpaired) electrons. The first-order valence-corrected chi connectivity index (χ1v) is 6.19. The lowest BCUT2D eigenvalue weighted by Gasteiger charge is -2.06. The summed E-state index contributed by atoms with van der Waals surface area (Å²) in [6.45, 7) is 3.26. The summed E-state index contributed by atoms with van der Waals surface area (Å²) in [6.07, 6.45) is 2.48. The third-order valence-corrected chi connectivity index (χ3v) is 3.65. The molecule has 0 bridgehead atoms. The predicted molar refractivity (Wildman–Crippen MR) is 69.6 cm³/mol. The number of rotatable bonds is 2. The van der Waals surface area contributed by atoms with Crippen LogP contribution in [0.25, 0.3) is 10.9 Å². The Kier molecular flexibility index (Phi) is 2.56. The molecule has 1 unspecified atom stereocenters. The van der Waals surface area contributed by atoms with Crippen LogP contribution in [0.5, 0.6) is 5.75 Å². The second-order valence-electron chi connectivity index (χ2n) is 4.75. The second kappa shape index (κ2) is 4.08. The fourth-order valence-electron chi connectivity index (χ4n) is 2.66. The van der Waals surface area contributed by atoms with Crippen LogP contribution in [-0.2, 0) is 0 Å². The van der Waals surface area contributed by atoms with E-state index in [0.29, 0.717) is 6.04 Å². The van der Waals surface area contributed by atoms with E-state index in [4.69, 9.17) is 4.74 Å². The predicted octanol–water partition coefficient (Wildman–Crippen LogP) is 2.91. The van der Waals surface area contributed by atoms with E-state index in [1.54, 1.807) is 7.11 Å². The highest BCUT2D eigenvalue weighted by molar-refractivity contribution is 5.89. The molecule has 17 heavy (non-hydrogen) atoms. The average molecular weight is 230 g/mol. The highest BCUT2D eigenvalue weighted by Gasteiger charge is 2.19. The van der Waals surface area contributed by atoms with Gasteiger partial charge in [-0.05, 0) is 44.0 Å². The van der Waals surface area contributed by atoms with Gasteiger partial charge in [-0.1, -0.05) is 6.07 Å². The number of aryl methyl sites for hydroxylation is 1. The monoisotopic (exact) mass is 230 g/mol. The lowest BCUT2D eigenvalue weighted by atomic mass is 10.1. The van der Waals surface area contributed by atoms with Gasteiger partial charge in [0.1, 0.15) is 5.75 Å². The van der Waals surface area contributed by atoms with Crippen molar-refractivity contribution in [3.63, 3.8) is 0 Å². The largest absolute Gasteiger partial charge is 0.495 e. The van der Waals surface area contributed by atoms with Gasteiger partial charge in [0.05, 0.1) is 12.6 Å². The van der Waals surface area contributed by atoms with Crippen LogP contribution in [0.3, 0.4) is 0 Å². The number of aromatic amines is 1. The molecule has 2 heterocycles. The van der Waals surface area contributed by atoms with Crippen molar-refractivity contribution >= 4 is 10.9 Å². The van der Waals surface area contributed by atoms with Gasteiger partial charge in [0.2, 0.25) is 0 Å². The molecule has 3 rings (SSSR count). The topological polar surface area (TPSA) is 37.0 Å². The van der Waals surface area contributed by atoms with Crippen LogP contribution in [0.4, 0.5) is 0 Å². The van der Waals surface area contributed by atoms with Crippen LogP contribution < -0.4 is 10.1 Å². The highest BCUT2D eigenvalue weighted by atomic mass is 16.5. The van der Waals surface area contributed by atoms with E-state index in [9.17, 15) is 0 Å². The number of hydrogen-bond acceptors (Lipinski definition) is 2. The van der Waals surface area contributed by atoms with Crippen LogP contribution in [0.2, 0.25) is 0 Å². The number of ether oxygens (including phenoxy) is 1. The quantitative estimate of drug-likeness (QED) is 0.832. The Morgan fingerprint density at radius 3 is 2.94 bits per heavy atom. The number of hydrogen-bond donors (Lipinski definition) is 2. The van der Waals surface area contributed by atoms with Crippen molar-refractivity contribution < 1.29 is 4.74 Å². The number of nitrogens with one attached hydrogen (secondary N) is 2. The summed E-state index contributed by atoms with van der Waals surface area (Å²) in [5.74, 6) is 0.926. The Morgan fingerprint density at radius 2 is 2.24 bits per heavy atom. The first kappa shape index (κ1) is 10.7. The first-order valence-electron chi connectivity index (χ1n) is 6.19. The number of benzene rings is 1. The molecular weight excluding hydrogens is 212 g/mol. The van der Waals surface area contributed by atoms with Gasteiger partial charge in [-0.15, -0.1) is 0 Å². The van der Waals surface area contributed by atoms with Crippen molar-refractivity contribution in [1.29, 1.82) is 0 Å². The van der Waals surface area contributed by atoms with Crippen molar-refractivity contribution in [2.45, 2.75) is 25.8 Å². The third kappa shape index (κ3) is 1.71. The number of methoxy groups -OCH3 is 1. The van der Waals surface area contributed by atoms with Crippen LogP contribution in [0.1, 0.15) is 30.1 Å². The van der Waals surface area contributed by atoms with Gasteiger partial charge in [-0.25, -0.2) is 0 Å². The molecule has 1 aliphatic rings. The van der Waals surface area contributed by atoms with Crippen molar-refractivity contribution in [2.24, 2.45) is 0 Å². The van der Waals surface area contributed by atoms with Gasteiger partial charge in [0.15, 0.2) is 0 Å². The third-order valence-electron chi connectivity index (χ3n) is 3.65. The lowest BCUT2D eigenvalue weighted by Crippen LogP contribution is -2.12. The van der Waals surface area contributed by atoms with Gasteiger partial charge in [-0.2, -0.15) is 0 Å². The van der Waals surface area contributed by atoms with Crippen LogP contribution in [-0.4, -0.2) is 18.6 Å². The molecule has 1 fully saturated rings. The van der Waals surface area contributed by atoms with Gasteiger partial charge in [0, 0.05) is 17.1 Å². The van der Waals surface area contributed by atoms with Crippen LogP contribution in [0, 0.1) is 6.92 Å². The summed E-state index contributed by atoms with van der Waals surface area (Å²) in [5.41, 5.74) is 3.70. The molecule has 1 atom stereocenters. The summed E-state index contributed by atoms with van der Waals surface area (Å²) < 4.78 is 5.41. The number of aromatic nitrogens is 1. The minimum atomic E-state index is 0.478. The normalized spacial score (nSPS) is 20.0. The van der Waals surface area contributed by atoms with Crippen molar-refractivity contribution in [2.75, 3.05) is 13.7 Å². The summed E-state index contributed by atoms with van der Waals surface area (Å²) in [6, 6.07) is 6.88. The van der Waals surface area contributed by atoms with E-state index in [1.807, 2.05) is 6.07 Å². The summed E-state index contributed by atoms with van der Waals surface area (Å²) in [7, 11) is 1.72. The summed E-state index contributed by atoms with van der Waals surface area (Å²) in [5, 5.41) is 4.79. The Morgan fingerprint density at radius 1 is 1.35 bits per heavy atom. The minimum Gasteiger partial charge on any atom is -0.495 e. The maximum atomic E-state index is 5.41. The zero-order valence-electron chi connectivity index (χ0n) is 10.3. The van der Waals surface area contributed by atoms with Gasteiger partial charge in [0.25, 0.3) is 0 Å². The lowest BCUT2D eigenvalue weighted by molar-refractivity contribution is 0.419. The first-order chi connectivity index (χ1) is 8.29. The molecule has 2 aromatic rings. The molecule has 1 aromatic carbocycles. The molecule has 90 valence electrons. The molecule has 0 spiro atoms. The molecule has 0 amide bonds. The Hall–Kier alpha value is -1.48. The van der Waals surface area contributed by atoms with Crippen LogP contribution >= 0.6 is 0 Å². The number of H-pyrrole nitrogens is 1. The van der Waals surface area contributed by atoms with Gasteiger partial charge >= 0.3 is 0 Å². The molecule has 2 N–H and O–H groups in total. The van der Waals surface area contributed by atoms with Crippen molar-refractivity contribution in [1.82, 2.24) is 10.3 Å². The number of fused-ring (bicyclic) bond motifs is 1. The van der Waals surface area contributed by atoms with E-state index in [2.05, 4.69) is 29.4 Å². The van der Waals surface area contributed by atoms with E-state index in [1.165, 1.54) is 29.5 Å². The maximum absolute atomic E-state index is 5.41. The fourth-order valence-corrected chi connectivity index (χ4v) is 2.66. The second-order valence-corrected chi connectivity index (χ2v) is 4.75. The Labute approximate surface area is 101 Å². The maximum Gasteiger partial charge on any atom is 0.142 e. The molecule has 1 aromatic heterocycles. The van der Waals surface area contributed by atoms with E-state index < -0.39 is 0 Å². The molecule has 1 aliphatic heterocycles. The van der Waals surface area contributed by atoms with E-state index in [-0.39, 0.29) is 0 Å². The zero-order valence-corrected chi connectivity index (χ0v) is 10.3. The zero-order chi connectivity index (χ0) is 11.8. The minimum absolute atomic E-state index is 0.478. The Bertz CT molecular complexity index is 538. The van der Waals surface area contributed by atoms with Crippen LogP contribution in [0.15, 0.2) is 18.2 Å². The molecule has 3 heteroatoms. The fraction of sp³-hybridized carbons (Fsp3) is 0.429. The van der Waals surface area contributed by atoms with Gasteiger partial charge < -0.3 is 15.0 Å². The van der Waals surface area contributed by atoms with Crippen molar-refractivity contribution in [3.05, 3.63) is 29.5 Å². The standard InChI is InChI=1S/C14H18N2O/c1-9-5-6-13(17-2)14-10(9)8-12(16-14)11-4-3-7-15-11/h5-6,8,11,15-16H,3-4,7H2,1-2H3. The molecule has 3 nitrogen and oxygen atoms in total. The van der Waals surface area contributed by atoms with Gasteiger partial charge in [-0.3, -0.25) is 0 Å². The molecule has 0 saturated carbocycles.